The van der Waals surface area contributed by atoms with E-state index in [-0.39, 0.29) is 12.3 Å². The second-order valence-electron chi connectivity index (χ2n) is 13.8. The van der Waals surface area contributed by atoms with E-state index in [9.17, 15) is 60.3 Å². The van der Waals surface area contributed by atoms with Crippen molar-refractivity contribution in [2.75, 3.05) is 13.2 Å². The number of carboxylic acids is 1. The summed E-state index contributed by atoms with van der Waals surface area (Å²) in [7, 11) is 0. The molecule has 0 amide bonds. The standard InChI is InChI=1S/C29H52O17/c1-12(2)21-17(34)15(9-13(10-30)42-21)43-45-23(16(33)14(32)11-31)24(26(39)29(6,7)8)46-44-22(18(35)19(36)27(40)41)20(37)25(38)28(3,4)5/h12-24,30-37H,9-11H2,1-8H3,(H,40,41). The van der Waals surface area contributed by atoms with E-state index in [0.29, 0.717) is 0 Å². The van der Waals surface area contributed by atoms with Crippen molar-refractivity contribution in [1.82, 2.24) is 0 Å². The minimum Gasteiger partial charge on any atom is -0.479 e. The molecule has 1 saturated heterocycles. The van der Waals surface area contributed by atoms with Crippen molar-refractivity contribution >= 4 is 17.5 Å². The number of Topliss-reactive ketones (excluding diaryl/α,β-unsaturated/α-hetero) is 2. The van der Waals surface area contributed by atoms with Crippen molar-refractivity contribution in [2.24, 2.45) is 16.7 Å². The largest absolute Gasteiger partial charge is 0.479 e. The molecule has 1 aliphatic rings. The molecule has 17 heteroatoms. The van der Waals surface area contributed by atoms with Gasteiger partial charge < -0.3 is 50.7 Å². The van der Waals surface area contributed by atoms with Crippen LogP contribution >= 0.6 is 0 Å². The van der Waals surface area contributed by atoms with Gasteiger partial charge in [-0.3, -0.25) is 9.59 Å². The first-order valence-corrected chi connectivity index (χ1v) is 14.9. The highest BCUT2D eigenvalue weighted by Crippen LogP contribution is 2.30. The van der Waals surface area contributed by atoms with Crippen LogP contribution in [-0.4, -0.2) is 150 Å². The fraction of sp³-hybridized carbons (Fsp3) is 0.897. The highest BCUT2D eigenvalue weighted by molar-refractivity contribution is 5.89. The van der Waals surface area contributed by atoms with Crippen molar-refractivity contribution in [3.63, 3.8) is 0 Å². The predicted molar refractivity (Wildman–Crippen MR) is 154 cm³/mol. The highest BCUT2D eigenvalue weighted by Gasteiger charge is 2.49. The van der Waals surface area contributed by atoms with Crippen LogP contribution in [0.4, 0.5) is 0 Å². The summed E-state index contributed by atoms with van der Waals surface area (Å²) >= 11 is 0. The molecular formula is C29H52O17. The number of hydrogen-bond acceptors (Lipinski definition) is 16. The summed E-state index contributed by atoms with van der Waals surface area (Å²) in [5.74, 6) is -4.11. The number of ether oxygens (including phenoxy) is 1. The molecule has 17 nitrogen and oxygen atoms in total. The fourth-order valence-electron chi connectivity index (χ4n) is 4.50. The van der Waals surface area contributed by atoms with E-state index >= 15 is 0 Å². The molecule has 0 bridgehead atoms. The number of carbonyl (C=O) groups is 3. The van der Waals surface area contributed by atoms with Crippen LogP contribution in [0, 0.1) is 16.7 Å². The fourth-order valence-corrected chi connectivity index (χ4v) is 4.50. The first kappa shape index (κ1) is 42.3. The van der Waals surface area contributed by atoms with Gasteiger partial charge in [0.05, 0.1) is 25.4 Å². The van der Waals surface area contributed by atoms with Gasteiger partial charge in [-0.15, -0.1) is 0 Å². The normalized spacial score (nSPS) is 26.5. The average molecular weight is 673 g/mol. The summed E-state index contributed by atoms with van der Waals surface area (Å²) in [5.41, 5.74) is -2.61. The topological polar surface area (TPSA) is 279 Å². The van der Waals surface area contributed by atoms with Gasteiger partial charge in [0, 0.05) is 17.3 Å². The Bertz CT molecular complexity index is 976. The summed E-state index contributed by atoms with van der Waals surface area (Å²) in [5, 5.41) is 91.9. The third-order valence-electron chi connectivity index (χ3n) is 7.43. The van der Waals surface area contributed by atoms with Gasteiger partial charge in [-0.2, -0.15) is 0 Å². The van der Waals surface area contributed by atoms with Crippen LogP contribution in [0.3, 0.4) is 0 Å². The summed E-state index contributed by atoms with van der Waals surface area (Å²) in [6.07, 6.45) is -22.5. The summed E-state index contributed by atoms with van der Waals surface area (Å²) in [6.45, 7) is 10.4. The van der Waals surface area contributed by atoms with Crippen LogP contribution in [0.5, 0.6) is 0 Å². The minimum atomic E-state index is -2.60. The van der Waals surface area contributed by atoms with Gasteiger partial charge in [-0.25, -0.2) is 24.3 Å². The SMILES string of the molecule is CC(C)C1OC(CO)CC(OOC(C(OOC(C(O)C(=O)C(C)(C)C)C(O)C(O)C(=O)O)C(=O)C(C)(C)C)C(O)C(O)CO)C1O. The second-order valence-corrected chi connectivity index (χ2v) is 13.8. The molecule has 0 aromatic heterocycles. The number of aliphatic hydroxyl groups is 8. The zero-order chi connectivity index (χ0) is 35.9. The van der Waals surface area contributed by atoms with Gasteiger partial charge in [0.25, 0.3) is 0 Å². The van der Waals surface area contributed by atoms with Crippen LogP contribution in [0.15, 0.2) is 0 Å². The molecule has 46 heavy (non-hydrogen) atoms. The third-order valence-corrected chi connectivity index (χ3v) is 7.43. The number of rotatable bonds is 18. The lowest BCUT2D eigenvalue weighted by Crippen LogP contribution is -2.57. The number of hydrogen-bond donors (Lipinski definition) is 9. The number of aliphatic hydroxyl groups excluding tert-OH is 8. The Morgan fingerprint density at radius 3 is 1.78 bits per heavy atom. The van der Waals surface area contributed by atoms with Crippen LogP contribution in [0.25, 0.3) is 0 Å². The maximum absolute atomic E-state index is 13.6. The quantitative estimate of drug-likeness (QED) is 0.0544. The molecule has 0 aliphatic carbocycles. The Labute approximate surface area is 267 Å². The number of carbonyl (C=O) groups excluding carboxylic acids is 2. The third kappa shape index (κ3) is 11.2. The second kappa shape index (κ2) is 17.6. The van der Waals surface area contributed by atoms with E-state index in [1.807, 2.05) is 0 Å². The molecule has 0 aromatic rings. The molecular weight excluding hydrogens is 620 g/mol. The van der Waals surface area contributed by atoms with Crippen molar-refractivity contribution < 1.29 is 84.6 Å². The number of ketones is 2. The lowest BCUT2D eigenvalue weighted by atomic mass is 9.84. The summed E-state index contributed by atoms with van der Waals surface area (Å²) < 4.78 is 5.67. The Balaban J connectivity index is 3.58. The van der Waals surface area contributed by atoms with Gasteiger partial charge in [-0.05, 0) is 5.92 Å². The van der Waals surface area contributed by atoms with E-state index in [1.165, 1.54) is 41.5 Å². The molecule has 270 valence electrons. The first-order valence-electron chi connectivity index (χ1n) is 14.9. The first-order chi connectivity index (χ1) is 21.0. The maximum atomic E-state index is 13.6. The molecule has 0 spiro atoms. The van der Waals surface area contributed by atoms with Crippen molar-refractivity contribution in [1.29, 1.82) is 0 Å². The molecule has 0 radical (unpaired) electrons. The Kier molecular flexibility index (Phi) is 16.2. The predicted octanol–water partition coefficient (Wildman–Crippen LogP) is -2.36. The molecule has 1 heterocycles. The van der Waals surface area contributed by atoms with E-state index in [4.69, 9.17) is 24.3 Å². The van der Waals surface area contributed by atoms with Crippen LogP contribution < -0.4 is 0 Å². The molecule has 9 N–H and O–H groups in total. The molecule has 0 saturated carbocycles. The van der Waals surface area contributed by atoms with Crippen molar-refractivity contribution in [3.05, 3.63) is 0 Å². The van der Waals surface area contributed by atoms with Crippen molar-refractivity contribution in [3.8, 4) is 0 Å². The minimum absolute atomic E-state index is 0.121. The molecule has 1 fully saturated rings. The number of aliphatic carboxylic acids is 1. The highest BCUT2D eigenvalue weighted by atomic mass is 17.2. The van der Waals surface area contributed by atoms with E-state index in [0.717, 1.165) is 0 Å². The lowest BCUT2D eigenvalue weighted by Gasteiger charge is -2.41. The summed E-state index contributed by atoms with van der Waals surface area (Å²) in [6, 6.07) is 0. The molecule has 12 unspecified atom stereocenters. The Hall–Kier alpha value is -1.71. The van der Waals surface area contributed by atoms with E-state index < -0.39 is 115 Å². The van der Waals surface area contributed by atoms with Gasteiger partial charge >= 0.3 is 5.97 Å². The van der Waals surface area contributed by atoms with Crippen molar-refractivity contribution in [2.45, 2.75) is 135 Å². The zero-order valence-electron chi connectivity index (χ0n) is 27.4. The van der Waals surface area contributed by atoms with Gasteiger partial charge in [0.2, 0.25) is 0 Å². The Morgan fingerprint density at radius 1 is 0.804 bits per heavy atom. The van der Waals surface area contributed by atoms with E-state index in [1.54, 1.807) is 13.8 Å². The van der Waals surface area contributed by atoms with Crippen LogP contribution in [0.2, 0.25) is 0 Å². The average Bonchev–Trinajstić information content (AvgIpc) is 2.97. The molecule has 12 atom stereocenters. The number of carboxylic acid groups (broad SMARTS) is 1. The van der Waals surface area contributed by atoms with Gasteiger partial charge in [-0.1, -0.05) is 55.4 Å². The van der Waals surface area contributed by atoms with Crippen LogP contribution in [-0.2, 0) is 38.7 Å². The monoisotopic (exact) mass is 672 g/mol. The lowest BCUT2D eigenvalue weighted by molar-refractivity contribution is -0.434. The van der Waals surface area contributed by atoms with Gasteiger partial charge in [0.1, 0.15) is 36.6 Å². The molecule has 0 aromatic carbocycles. The maximum Gasteiger partial charge on any atom is 0.335 e. The zero-order valence-corrected chi connectivity index (χ0v) is 27.4. The molecule has 1 rings (SSSR count). The summed E-state index contributed by atoms with van der Waals surface area (Å²) in [4.78, 5) is 59.1. The Morgan fingerprint density at radius 2 is 1.35 bits per heavy atom. The smallest absolute Gasteiger partial charge is 0.335 e. The van der Waals surface area contributed by atoms with E-state index in [2.05, 4.69) is 0 Å². The van der Waals surface area contributed by atoms with Gasteiger partial charge in [0.15, 0.2) is 36.0 Å². The molecule has 1 aliphatic heterocycles. The van der Waals surface area contributed by atoms with Crippen LogP contribution in [0.1, 0.15) is 61.8 Å².